The summed E-state index contributed by atoms with van der Waals surface area (Å²) in [4.78, 5) is 4.31. The number of pyridine rings is 1. The van der Waals surface area contributed by atoms with Gasteiger partial charge in [0, 0.05) is 18.3 Å². The highest BCUT2D eigenvalue weighted by molar-refractivity contribution is 5.24. The fourth-order valence-electron chi connectivity index (χ4n) is 1.65. The maximum Gasteiger partial charge on any atom is 0.435 e. The Morgan fingerprint density at radius 1 is 1.14 bits per heavy atom. The Kier molecular flexibility index (Phi) is 4.04. The van der Waals surface area contributed by atoms with Gasteiger partial charge >= 0.3 is 6.18 Å². The smallest absolute Gasteiger partial charge is 0.306 e. The molecular formula is C14H17F3N4. The van der Waals surface area contributed by atoms with Crippen LogP contribution >= 0.6 is 0 Å². The van der Waals surface area contributed by atoms with E-state index in [2.05, 4.69) is 15.4 Å². The van der Waals surface area contributed by atoms with Gasteiger partial charge in [0.1, 0.15) is 0 Å². The van der Waals surface area contributed by atoms with E-state index in [1.165, 1.54) is 6.20 Å². The molecule has 0 saturated carbocycles. The molecule has 0 aromatic carbocycles. The van der Waals surface area contributed by atoms with E-state index in [0.29, 0.717) is 12.4 Å². The molecule has 21 heavy (non-hydrogen) atoms. The van der Waals surface area contributed by atoms with E-state index in [9.17, 15) is 13.2 Å². The van der Waals surface area contributed by atoms with Crippen LogP contribution in [0, 0.1) is 0 Å². The van der Waals surface area contributed by atoms with Crippen LogP contribution in [0.5, 0.6) is 0 Å². The summed E-state index contributed by atoms with van der Waals surface area (Å²) in [6.07, 6.45) is -3.19. The molecule has 0 bridgehead atoms. The van der Waals surface area contributed by atoms with Gasteiger partial charge in [0.05, 0.1) is 5.69 Å². The molecule has 2 rings (SSSR count). The first-order chi connectivity index (χ1) is 9.65. The fraction of sp³-hybridized carbons (Fsp3) is 0.429. The third-order valence-electron chi connectivity index (χ3n) is 2.71. The van der Waals surface area contributed by atoms with Crippen molar-refractivity contribution in [2.75, 3.05) is 0 Å². The molecule has 4 nitrogen and oxygen atoms in total. The molecule has 7 heteroatoms. The van der Waals surface area contributed by atoms with Crippen molar-refractivity contribution in [1.82, 2.24) is 20.1 Å². The first-order valence-electron chi connectivity index (χ1n) is 6.49. The third kappa shape index (κ3) is 4.29. The Bertz CT molecular complexity index is 611. The number of alkyl halides is 3. The molecule has 114 valence electrons. The molecular weight excluding hydrogens is 281 g/mol. The van der Waals surface area contributed by atoms with Gasteiger partial charge in [-0.2, -0.15) is 18.3 Å². The third-order valence-corrected chi connectivity index (χ3v) is 2.71. The van der Waals surface area contributed by atoms with E-state index in [4.69, 9.17) is 0 Å². The van der Waals surface area contributed by atoms with Crippen LogP contribution in [0.15, 0.2) is 30.5 Å². The van der Waals surface area contributed by atoms with Crippen LogP contribution in [-0.2, 0) is 12.7 Å². The average Bonchev–Trinajstić information content (AvgIpc) is 2.85. The summed E-state index contributed by atoms with van der Waals surface area (Å²) in [6.45, 7) is 6.62. The molecule has 0 atom stereocenters. The van der Waals surface area contributed by atoms with E-state index < -0.39 is 11.9 Å². The van der Waals surface area contributed by atoms with Gasteiger partial charge in [-0.1, -0.05) is 6.07 Å². The standard InChI is InChI=1S/C14H17F3N4/c1-13(2,3)18-9-10-5-4-6-12(19-10)21-8-7-11(20-21)14(15,16)17/h4-8,18H,9H2,1-3H3. The molecule has 0 fully saturated rings. The summed E-state index contributed by atoms with van der Waals surface area (Å²) in [6, 6.07) is 6.11. The lowest BCUT2D eigenvalue weighted by Crippen LogP contribution is -2.35. The van der Waals surface area contributed by atoms with Gasteiger partial charge in [-0.3, -0.25) is 0 Å². The van der Waals surface area contributed by atoms with Crippen molar-refractivity contribution in [1.29, 1.82) is 0 Å². The van der Waals surface area contributed by atoms with Gasteiger partial charge in [0.15, 0.2) is 11.5 Å². The lowest BCUT2D eigenvalue weighted by atomic mass is 10.1. The maximum absolute atomic E-state index is 12.5. The van der Waals surface area contributed by atoms with Crippen LogP contribution in [0.2, 0.25) is 0 Å². The summed E-state index contributed by atoms with van der Waals surface area (Å²) >= 11 is 0. The highest BCUT2D eigenvalue weighted by Gasteiger charge is 2.33. The predicted octanol–water partition coefficient (Wildman–Crippen LogP) is 3.17. The van der Waals surface area contributed by atoms with Gasteiger partial charge in [0.25, 0.3) is 0 Å². The molecule has 1 N–H and O–H groups in total. The van der Waals surface area contributed by atoms with Crippen molar-refractivity contribution in [3.8, 4) is 5.82 Å². The van der Waals surface area contributed by atoms with Gasteiger partial charge in [-0.05, 0) is 39.0 Å². The maximum atomic E-state index is 12.5. The Morgan fingerprint density at radius 2 is 1.86 bits per heavy atom. The largest absolute Gasteiger partial charge is 0.435 e. The first-order valence-corrected chi connectivity index (χ1v) is 6.49. The first kappa shape index (κ1) is 15.5. The number of aromatic nitrogens is 3. The van der Waals surface area contributed by atoms with Crippen molar-refractivity contribution in [2.24, 2.45) is 0 Å². The van der Waals surface area contributed by atoms with Crippen LogP contribution in [0.4, 0.5) is 13.2 Å². The van der Waals surface area contributed by atoms with Gasteiger partial charge in [-0.25, -0.2) is 9.67 Å². The number of halogens is 3. The lowest BCUT2D eigenvalue weighted by Gasteiger charge is -2.20. The summed E-state index contributed by atoms with van der Waals surface area (Å²) in [7, 11) is 0. The molecule has 0 aliphatic heterocycles. The Balaban J connectivity index is 2.19. The van der Waals surface area contributed by atoms with E-state index in [1.807, 2.05) is 26.8 Å². The molecule has 2 aromatic rings. The van der Waals surface area contributed by atoms with E-state index in [-0.39, 0.29) is 5.54 Å². The Hall–Kier alpha value is -1.89. The quantitative estimate of drug-likeness (QED) is 0.946. The summed E-state index contributed by atoms with van der Waals surface area (Å²) in [5, 5.41) is 6.78. The predicted molar refractivity (Wildman–Crippen MR) is 73.0 cm³/mol. The number of hydrogen-bond donors (Lipinski definition) is 1. The number of hydrogen-bond acceptors (Lipinski definition) is 3. The Labute approximate surface area is 121 Å². The molecule has 2 heterocycles. The SMILES string of the molecule is CC(C)(C)NCc1cccc(-n2ccc(C(F)(F)F)n2)n1. The molecule has 0 aliphatic carbocycles. The molecule has 0 unspecified atom stereocenters. The Morgan fingerprint density at radius 3 is 2.43 bits per heavy atom. The second kappa shape index (κ2) is 5.48. The van der Waals surface area contributed by atoms with Crippen LogP contribution in [0.25, 0.3) is 5.82 Å². The summed E-state index contributed by atoms with van der Waals surface area (Å²) < 4.78 is 38.8. The zero-order chi connectivity index (χ0) is 15.7. The molecule has 0 radical (unpaired) electrons. The van der Waals surface area contributed by atoms with E-state index >= 15 is 0 Å². The minimum absolute atomic E-state index is 0.0627. The summed E-state index contributed by atoms with van der Waals surface area (Å²) in [5.74, 6) is 0.360. The highest BCUT2D eigenvalue weighted by atomic mass is 19.4. The van der Waals surface area contributed by atoms with E-state index in [0.717, 1.165) is 16.4 Å². The minimum atomic E-state index is -4.45. The molecule has 0 aliphatic rings. The van der Waals surface area contributed by atoms with Crippen LogP contribution < -0.4 is 5.32 Å². The van der Waals surface area contributed by atoms with Crippen molar-refractivity contribution < 1.29 is 13.2 Å². The molecule has 0 saturated heterocycles. The van der Waals surface area contributed by atoms with Crippen LogP contribution in [-0.4, -0.2) is 20.3 Å². The van der Waals surface area contributed by atoms with Crippen molar-refractivity contribution in [2.45, 2.75) is 39.0 Å². The lowest BCUT2D eigenvalue weighted by molar-refractivity contribution is -0.141. The van der Waals surface area contributed by atoms with E-state index in [1.54, 1.807) is 12.1 Å². The topological polar surface area (TPSA) is 42.7 Å². The second-order valence-corrected chi connectivity index (χ2v) is 5.73. The average molecular weight is 298 g/mol. The molecule has 2 aromatic heterocycles. The van der Waals surface area contributed by atoms with Crippen molar-refractivity contribution in [3.05, 3.63) is 41.9 Å². The summed E-state index contributed by atoms with van der Waals surface area (Å²) in [5.41, 5.74) is -0.249. The molecule has 0 amide bonds. The van der Waals surface area contributed by atoms with Crippen molar-refractivity contribution >= 4 is 0 Å². The number of rotatable bonds is 3. The number of nitrogens with one attached hydrogen (secondary N) is 1. The van der Waals surface area contributed by atoms with Gasteiger partial charge in [0.2, 0.25) is 0 Å². The van der Waals surface area contributed by atoms with Crippen molar-refractivity contribution in [3.63, 3.8) is 0 Å². The van der Waals surface area contributed by atoms with Gasteiger partial charge < -0.3 is 5.32 Å². The van der Waals surface area contributed by atoms with Crippen LogP contribution in [0.1, 0.15) is 32.2 Å². The monoisotopic (exact) mass is 298 g/mol. The minimum Gasteiger partial charge on any atom is -0.306 e. The number of nitrogens with zero attached hydrogens (tertiary/aromatic N) is 3. The normalized spacial score (nSPS) is 12.7. The van der Waals surface area contributed by atoms with Crippen LogP contribution in [0.3, 0.4) is 0 Å². The fourth-order valence-corrected chi connectivity index (χ4v) is 1.65. The molecule has 0 spiro atoms. The van der Waals surface area contributed by atoms with Gasteiger partial charge in [-0.15, -0.1) is 0 Å². The second-order valence-electron chi connectivity index (χ2n) is 5.73. The zero-order valence-electron chi connectivity index (χ0n) is 12.1. The zero-order valence-corrected chi connectivity index (χ0v) is 12.1. The highest BCUT2D eigenvalue weighted by Crippen LogP contribution is 2.27.